The van der Waals surface area contributed by atoms with Gasteiger partial charge in [0.1, 0.15) is 6.04 Å². The number of carbonyl (C=O) groups excluding carboxylic acids is 1. The fourth-order valence-corrected chi connectivity index (χ4v) is 2.18. The minimum absolute atomic E-state index is 0.159. The SMILES string of the molecule is CSCC[C@H](NC(=O)CC1CNCCO1)C(=O)O. The largest absolute Gasteiger partial charge is 0.480 e. The normalized spacial score (nSPS) is 21.3. The van der Waals surface area contributed by atoms with Crippen molar-refractivity contribution in [2.75, 3.05) is 31.7 Å². The fraction of sp³-hybridized carbons (Fsp3) is 0.818. The molecule has 18 heavy (non-hydrogen) atoms. The van der Waals surface area contributed by atoms with Crippen LogP contribution in [0.3, 0.4) is 0 Å². The van der Waals surface area contributed by atoms with Gasteiger partial charge < -0.3 is 20.5 Å². The Bertz CT molecular complexity index is 282. The molecular formula is C11H20N2O4S. The molecule has 1 saturated heterocycles. The number of carbonyl (C=O) groups is 2. The van der Waals surface area contributed by atoms with Crippen LogP contribution in [0.1, 0.15) is 12.8 Å². The minimum atomic E-state index is -0.986. The van der Waals surface area contributed by atoms with E-state index in [0.29, 0.717) is 25.3 Å². The first-order valence-corrected chi connectivity index (χ1v) is 7.36. The molecule has 7 heteroatoms. The van der Waals surface area contributed by atoms with Crippen LogP contribution >= 0.6 is 11.8 Å². The molecule has 0 aliphatic carbocycles. The summed E-state index contributed by atoms with van der Waals surface area (Å²) in [7, 11) is 0. The predicted octanol–water partition coefficient (Wildman–Crippen LogP) is -0.313. The number of hydrogen-bond acceptors (Lipinski definition) is 5. The maximum absolute atomic E-state index is 11.7. The van der Waals surface area contributed by atoms with Crippen LogP contribution in [0.4, 0.5) is 0 Å². The third-order valence-electron chi connectivity index (χ3n) is 2.66. The van der Waals surface area contributed by atoms with E-state index in [1.165, 1.54) is 0 Å². The third-order valence-corrected chi connectivity index (χ3v) is 3.31. The topological polar surface area (TPSA) is 87.7 Å². The molecular weight excluding hydrogens is 256 g/mol. The first-order chi connectivity index (χ1) is 8.63. The number of aliphatic carboxylic acids is 1. The van der Waals surface area contributed by atoms with Crippen LogP contribution < -0.4 is 10.6 Å². The van der Waals surface area contributed by atoms with E-state index in [1.807, 2.05) is 6.26 Å². The van der Waals surface area contributed by atoms with Gasteiger partial charge in [-0.05, 0) is 18.4 Å². The lowest BCUT2D eigenvalue weighted by atomic mass is 10.2. The van der Waals surface area contributed by atoms with Gasteiger partial charge in [0.2, 0.25) is 5.91 Å². The number of nitrogens with one attached hydrogen (secondary N) is 2. The molecule has 104 valence electrons. The van der Waals surface area contributed by atoms with Crippen LogP contribution in [0.5, 0.6) is 0 Å². The van der Waals surface area contributed by atoms with Crippen molar-refractivity contribution in [1.29, 1.82) is 0 Å². The molecule has 0 aromatic carbocycles. The molecule has 1 unspecified atom stereocenters. The summed E-state index contributed by atoms with van der Waals surface area (Å²) in [5.41, 5.74) is 0. The average molecular weight is 276 g/mol. The number of rotatable bonds is 7. The van der Waals surface area contributed by atoms with Gasteiger partial charge in [-0.2, -0.15) is 11.8 Å². The second-order valence-electron chi connectivity index (χ2n) is 4.14. The Morgan fingerprint density at radius 1 is 1.61 bits per heavy atom. The summed E-state index contributed by atoms with van der Waals surface area (Å²) in [6.45, 7) is 2.02. The van der Waals surface area contributed by atoms with Crippen molar-refractivity contribution in [2.45, 2.75) is 25.0 Å². The monoisotopic (exact) mass is 276 g/mol. The lowest BCUT2D eigenvalue weighted by molar-refractivity contribution is -0.142. The molecule has 3 N–H and O–H groups in total. The third kappa shape index (κ3) is 5.70. The van der Waals surface area contributed by atoms with Crippen molar-refractivity contribution in [3.63, 3.8) is 0 Å². The molecule has 0 spiro atoms. The highest BCUT2D eigenvalue weighted by atomic mass is 32.2. The van der Waals surface area contributed by atoms with Crippen molar-refractivity contribution in [3.8, 4) is 0 Å². The Kier molecular flexibility index (Phi) is 7.07. The summed E-state index contributed by atoms with van der Waals surface area (Å²) in [5.74, 6) is -0.545. The maximum Gasteiger partial charge on any atom is 0.326 e. The zero-order valence-electron chi connectivity index (χ0n) is 10.5. The van der Waals surface area contributed by atoms with E-state index in [0.717, 1.165) is 6.54 Å². The van der Waals surface area contributed by atoms with Gasteiger partial charge in [-0.25, -0.2) is 4.79 Å². The second kappa shape index (κ2) is 8.34. The van der Waals surface area contributed by atoms with Crippen molar-refractivity contribution in [3.05, 3.63) is 0 Å². The standard InChI is InChI=1S/C11H20N2O4S/c1-18-5-2-9(11(15)16)13-10(14)6-8-7-12-3-4-17-8/h8-9,12H,2-7H2,1H3,(H,13,14)(H,15,16)/t8?,9-/m0/s1. The minimum Gasteiger partial charge on any atom is -0.480 e. The highest BCUT2D eigenvalue weighted by molar-refractivity contribution is 7.98. The molecule has 2 atom stereocenters. The molecule has 0 bridgehead atoms. The quantitative estimate of drug-likeness (QED) is 0.591. The second-order valence-corrected chi connectivity index (χ2v) is 5.13. The molecule has 0 saturated carbocycles. The van der Waals surface area contributed by atoms with Crippen LogP contribution in [0.15, 0.2) is 0 Å². The van der Waals surface area contributed by atoms with E-state index in [1.54, 1.807) is 11.8 Å². The van der Waals surface area contributed by atoms with Crippen molar-refractivity contribution < 1.29 is 19.4 Å². The number of carboxylic acids is 1. The molecule has 0 radical (unpaired) electrons. The van der Waals surface area contributed by atoms with Crippen LogP contribution in [-0.4, -0.2) is 60.8 Å². The average Bonchev–Trinajstić information content (AvgIpc) is 2.35. The van der Waals surface area contributed by atoms with E-state index >= 15 is 0 Å². The van der Waals surface area contributed by atoms with Gasteiger partial charge in [-0.3, -0.25) is 4.79 Å². The summed E-state index contributed by atoms with van der Waals surface area (Å²) in [4.78, 5) is 22.7. The van der Waals surface area contributed by atoms with Crippen LogP contribution in [0, 0.1) is 0 Å². The molecule has 1 aliphatic rings. The van der Waals surface area contributed by atoms with Crippen molar-refractivity contribution in [2.24, 2.45) is 0 Å². The Balaban J connectivity index is 2.32. The maximum atomic E-state index is 11.7. The number of morpholine rings is 1. The smallest absolute Gasteiger partial charge is 0.326 e. The van der Waals surface area contributed by atoms with Gasteiger partial charge in [0, 0.05) is 13.1 Å². The number of hydrogen-bond donors (Lipinski definition) is 3. The lowest BCUT2D eigenvalue weighted by Crippen LogP contribution is -2.45. The molecule has 1 heterocycles. The van der Waals surface area contributed by atoms with E-state index in [-0.39, 0.29) is 18.4 Å². The first-order valence-electron chi connectivity index (χ1n) is 5.97. The van der Waals surface area contributed by atoms with Crippen molar-refractivity contribution in [1.82, 2.24) is 10.6 Å². The molecule has 1 aliphatic heterocycles. The van der Waals surface area contributed by atoms with E-state index in [9.17, 15) is 9.59 Å². The fourth-order valence-electron chi connectivity index (χ4n) is 1.70. The number of ether oxygens (including phenoxy) is 1. The zero-order valence-corrected chi connectivity index (χ0v) is 11.3. The van der Waals surface area contributed by atoms with E-state index < -0.39 is 12.0 Å². The van der Waals surface area contributed by atoms with Gasteiger partial charge in [0.15, 0.2) is 0 Å². The Labute approximate surface area is 111 Å². The van der Waals surface area contributed by atoms with Crippen LogP contribution in [0.2, 0.25) is 0 Å². The predicted molar refractivity (Wildman–Crippen MR) is 69.8 cm³/mol. The highest BCUT2D eigenvalue weighted by Gasteiger charge is 2.22. The first kappa shape index (κ1) is 15.3. The Morgan fingerprint density at radius 3 is 2.94 bits per heavy atom. The van der Waals surface area contributed by atoms with Crippen LogP contribution in [-0.2, 0) is 14.3 Å². The number of carboxylic acid groups (broad SMARTS) is 1. The van der Waals surface area contributed by atoms with Gasteiger partial charge in [-0.15, -0.1) is 0 Å². The lowest BCUT2D eigenvalue weighted by Gasteiger charge is -2.23. The summed E-state index contributed by atoms with van der Waals surface area (Å²) < 4.78 is 5.40. The summed E-state index contributed by atoms with van der Waals surface area (Å²) in [6, 6.07) is -0.804. The molecule has 0 aromatic heterocycles. The van der Waals surface area contributed by atoms with E-state index in [2.05, 4.69) is 10.6 Å². The summed E-state index contributed by atoms with van der Waals surface area (Å²) >= 11 is 1.56. The van der Waals surface area contributed by atoms with E-state index in [4.69, 9.17) is 9.84 Å². The Hall–Kier alpha value is -0.790. The Morgan fingerprint density at radius 2 is 2.39 bits per heavy atom. The number of amides is 1. The molecule has 0 aromatic rings. The zero-order chi connectivity index (χ0) is 13.4. The van der Waals surface area contributed by atoms with Gasteiger partial charge in [0.05, 0.1) is 19.1 Å². The molecule has 1 amide bonds. The molecule has 6 nitrogen and oxygen atoms in total. The number of thioether (sulfide) groups is 1. The molecule has 1 rings (SSSR count). The molecule has 1 fully saturated rings. The highest BCUT2D eigenvalue weighted by Crippen LogP contribution is 2.04. The van der Waals surface area contributed by atoms with Crippen LogP contribution in [0.25, 0.3) is 0 Å². The van der Waals surface area contributed by atoms with Gasteiger partial charge >= 0.3 is 5.97 Å². The van der Waals surface area contributed by atoms with Gasteiger partial charge in [-0.1, -0.05) is 0 Å². The van der Waals surface area contributed by atoms with Gasteiger partial charge in [0.25, 0.3) is 0 Å². The van der Waals surface area contributed by atoms with Crippen molar-refractivity contribution >= 4 is 23.6 Å². The summed E-state index contributed by atoms with van der Waals surface area (Å²) in [6.07, 6.45) is 2.39. The summed E-state index contributed by atoms with van der Waals surface area (Å²) in [5, 5.41) is 14.7.